The summed E-state index contributed by atoms with van der Waals surface area (Å²) in [6.45, 7) is 3.49. The Hall–Kier alpha value is -3.47. The molecule has 1 aromatic carbocycles. The number of benzene rings is 1. The van der Waals surface area contributed by atoms with Gasteiger partial charge in [0.05, 0.1) is 47.5 Å². The van der Waals surface area contributed by atoms with Crippen molar-refractivity contribution in [2.24, 2.45) is 0 Å². The number of hydrogen-bond donors (Lipinski definition) is 4. The summed E-state index contributed by atoms with van der Waals surface area (Å²) in [5.41, 5.74) is 3.37. The van der Waals surface area contributed by atoms with E-state index in [0.717, 1.165) is 11.0 Å². The van der Waals surface area contributed by atoms with Crippen LogP contribution in [0.2, 0.25) is 0 Å². The van der Waals surface area contributed by atoms with Crippen LogP contribution in [0.3, 0.4) is 0 Å². The molecule has 0 radical (unpaired) electrons. The number of fused-ring (bicyclic) bond motifs is 1. The number of H-pyrrole nitrogens is 2. The van der Waals surface area contributed by atoms with E-state index in [0.29, 0.717) is 27.7 Å². The number of ether oxygens (including phenoxy) is 1. The minimum Gasteiger partial charge on any atom is -0.497 e. The van der Waals surface area contributed by atoms with Crippen LogP contribution in [0, 0.1) is 13.8 Å². The number of carboxylic acids is 2. The monoisotopic (exact) mass is 449 g/mol. The molecule has 31 heavy (non-hydrogen) atoms. The second-order valence-corrected chi connectivity index (χ2v) is 7.97. The molecule has 3 aromatic rings. The van der Waals surface area contributed by atoms with Crippen LogP contribution in [0.15, 0.2) is 34.3 Å². The van der Waals surface area contributed by atoms with Crippen LogP contribution in [-0.2, 0) is 26.1 Å². The van der Waals surface area contributed by atoms with E-state index in [2.05, 4.69) is 15.0 Å². The predicted octanol–water partition coefficient (Wildman–Crippen LogP) is 2.12. The first-order valence-corrected chi connectivity index (χ1v) is 10.5. The van der Waals surface area contributed by atoms with Crippen LogP contribution in [0.5, 0.6) is 5.75 Å². The van der Waals surface area contributed by atoms with Gasteiger partial charge in [0.25, 0.3) is 0 Å². The summed E-state index contributed by atoms with van der Waals surface area (Å²) in [5.74, 6) is -1.24. The van der Waals surface area contributed by atoms with Crippen molar-refractivity contribution in [1.82, 2.24) is 15.0 Å². The van der Waals surface area contributed by atoms with Gasteiger partial charge in [-0.2, -0.15) is 0 Å². The summed E-state index contributed by atoms with van der Waals surface area (Å²) >= 11 is 0. The minimum absolute atomic E-state index is 0.0231. The predicted molar refractivity (Wildman–Crippen MR) is 114 cm³/mol. The summed E-state index contributed by atoms with van der Waals surface area (Å²) in [5, 5.41) is 16.2. The number of methoxy groups -OCH3 is 1. The number of carboxylic acid groups (broad SMARTS) is 2. The number of nitrogens with zero attached hydrogens (tertiary/aromatic N) is 1. The van der Waals surface area contributed by atoms with Gasteiger partial charge in [0.1, 0.15) is 5.75 Å². The number of aromatic amines is 2. The molecule has 0 saturated carbocycles. The molecule has 1 atom stereocenters. The van der Waals surface area contributed by atoms with Crippen LogP contribution in [0.1, 0.15) is 29.7 Å². The molecule has 2 aromatic heterocycles. The van der Waals surface area contributed by atoms with Gasteiger partial charge in [-0.05, 0) is 26.0 Å². The van der Waals surface area contributed by atoms with Crippen molar-refractivity contribution in [3.05, 3.63) is 51.4 Å². The van der Waals surface area contributed by atoms with Crippen molar-refractivity contribution in [1.29, 1.82) is 0 Å². The zero-order chi connectivity index (χ0) is 23.1. The first kappa shape index (κ1) is 23.8. The molecule has 1 unspecified atom stereocenters. The van der Waals surface area contributed by atoms with Crippen LogP contribution < -0.4 is 10.2 Å². The zero-order valence-corrected chi connectivity index (χ0v) is 18.0. The Kier molecular flexibility index (Phi) is 8.08. The largest absolute Gasteiger partial charge is 0.497 e. The molecule has 0 spiro atoms. The summed E-state index contributed by atoms with van der Waals surface area (Å²) in [7, 11) is 0.212. The minimum atomic E-state index is -1.38. The van der Waals surface area contributed by atoms with E-state index in [1.165, 1.54) is 0 Å². The fraction of sp³-hybridized carbons (Fsp3) is 0.300. The maximum absolute atomic E-state index is 12.6. The maximum Gasteiger partial charge on any atom is 0.303 e. The van der Waals surface area contributed by atoms with Gasteiger partial charge in [-0.1, -0.05) is 0 Å². The lowest BCUT2D eigenvalue weighted by Crippen LogP contribution is -2.14. The maximum atomic E-state index is 12.6. The highest BCUT2D eigenvalue weighted by atomic mass is 32.2. The third-order valence-electron chi connectivity index (χ3n) is 4.33. The van der Waals surface area contributed by atoms with Crippen molar-refractivity contribution in [2.75, 3.05) is 7.11 Å². The second-order valence-electron chi connectivity index (χ2n) is 6.61. The third kappa shape index (κ3) is 6.51. The van der Waals surface area contributed by atoms with Crippen molar-refractivity contribution in [3.8, 4) is 5.75 Å². The highest BCUT2D eigenvalue weighted by Gasteiger charge is 2.14. The van der Waals surface area contributed by atoms with Gasteiger partial charge in [-0.25, -0.2) is 4.98 Å². The quantitative estimate of drug-likeness (QED) is 0.426. The molecule has 0 aliphatic heterocycles. The molecule has 0 saturated heterocycles. The number of nitrogens with one attached hydrogen (secondary N) is 2. The lowest BCUT2D eigenvalue weighted by molar-refractivity contribution is -0.143. The average Bonchev–Trinajstić information content (AvgIpc) is 3.16. The Balaban J connectivity index is 0.000000366. The normalized spacial score (nSPS) is 11.5. The number of aromatic nitrogens is 3. The molecule has 4 N–H and O–H groups in total. The topological polar surface area (TPSA) is 162 Å². The summed E-state index contributed by atoms with van der Waals surface area (Å²) in [4.78, 5) is 41.7. The highest BCUT2D eigenvalue weighted by Crippen LogP contribution is 2.20. The van der Waals surface area contributed by atoms with Gasteiger partial charge < -0.3 is 24.9 Å². The van der Waals surface area contributed by atoms with E-state index < -0.39 is 22.7 Å². The Morgan fingerprint density at radius 2 is 1.81 bits per heavy atom. The molecular formula is C20H23N3O7S. The number of rotatable bonds is 7. The summed E-state index contributed by atoms with van der Waals surface area (Å²) < 4.78 is 17.7. The molecule has 11 heteroatoms. The Labute approximate surface area is 179 Å². The number of carbonyl (C=O) groups is 2. The van der Waals surface area contributed by atoms with E-state index in [9.17, 15) is 18.6 Å². The molecule has 0 aliphatic carbocycles. The summed E-state index contributed by atoms with van der Waals surface area (Å²) in [6.07, 6.45) is 1.05. The molecule has 0 fully saturated rings. The molecule has 3 rings (SSSR count). The Morgan fingerprint density at radius 3 is 2.39 bits per heavy atom. The van der Waals surface area contributed by atoms with Crippen molar-refractivity contribution < 1.29 is 28.7 Å². The van der Waals surface area contributed by atoms with Crippen molar-refractivity contribution in [2.45, 2.75) is 37.6 Å². The van der Waals surface area contributed by atoms with Crippen LogP contribution in [0.4, 0.5) is 0 Å². The molecule has 0 bridgehead atoms. The van der Waals surface area contributed by atoms with Gasteiger partial charge in [0.2, 0.25) is 0 Å². The Bertz CT molecular complexity index is 1170. The number of imidazole rings is 1. The molecule has 0 aliphatic rings. The average molecular weight is 449 g/mol. The van der Waals surface area contributed by atoms with Crippen LogP contribution in [0.25, 0.3) is 11.0 Å². The van der Waals surface area contributed by atoms with Gasteiger partial charge in [-0.15, -0.1) is 0 Å². The van der Waals surface area contributed by atoms with Gasteiger partial charge in [0, 0.05) is 29.1 Å². The first-order chi connectivity index (χ1) is 14.6. The smallest absolute Gasteiger partial charge is 0.303 e. The number of pyridine rings is 1. The van der Waals surface area contributed by atoms with Crippen LogP contribution in [-0.4, -0.2) is 48.4 Å². The molecule has 2 heterocycles. The Morgan fingerprint density at radius 1 is 1.16 bits per heavy atom. The van der Waals surface area contributed by atoms with E-state index in [4.69, 9.17) is 14.9 Å². The van der Waals surface area contributed by atoms with Crippen molar-refractivity contribution in [3.63, 3.8) is 0 Å². The van der Waals surface area contributed by atoms with E-state index in [-0.39, 0.29) is 24.0 Å². The van der Waals surface area contributed by atoms with Gasteiger partial charge in [0.15, 0.2) is 10.6 Å². The van der Waals surface area contributed by atoms with E-state index >= 15 is 0 Å². The third-order valence-corrected chi connectivity index (χ3v) is 5.50. The zero-order valence-electron chi connectivity index (χ0n) is 17.2. The standard InChI is InChI=1S/C16H17N3O3S.C4H6O4/c1-9-7-17-14(10(2)15(9)20)8-23(21)16-18-12-5-4-11(22-3)6-13(12)19-16;5-3(6)1-2-4(7)8/h4-7H,8H2,1-3H3,(H,17,20)(H,18,19);1-2H2,(H,5,6)(H,7,8). The number of aryl methyl sites for hydroxylation is 1. The molecule has 10 nitrogen and oxygen atoms in total. The lowest BCUT2D eigenvalue weighted by Gasteiger charge is -2.05. The first-order valence-electron chi connectivity index (χ1n) is 9.15. The summed E-state index contributed by atoms with van der Waals surface area (Å²) in [6, 6.07) is 5.42. The number of aliphatic carboxylic acids is 2. The SMILES string of the molecule is COc1ccc2nc(S(=O)Cc3[nH]cc(C)c(=O)c3C)[nH]c2c1.O=C(O)CCC(=O)O. The molecular weight excluding hydrogens is 426 g/mol. The molecule has 0 amide bonds. The van der Waals surface area contributed by atoms with Crippen molar-refractivity contribution >= 4 is 33.8 Å². The number of hydrogen-bond acceptors (Lipinski definition) is 6. The van der Waals surface area contributed by atoms with E-state index in [1.807, 2.05) is 12.1 Å². The fourth-order valence-corrected chi connectivity index (χ4v) is 3.69. The van der Waals surface area contributed by atoms with Gasteiger partial charge >= 0.3 is 11.9 Å². The molecule has 166 valence electrons. The lowest BCUT2D eigenvalue weighted by atomic mass is 10.2. The van der Waals surface area contributed by atoms with Gasteiger partial charge in [-0.3, -0.25) is 18.6 Å². The van der Waals surface area contributed by atoms with Crippen LogP contribution >= 0.6 is 0 Å². The highest BCUT2D eigenvalue weighted by molar-refractivity contribution is 7.84. The second kappa shape index (κ2) is 10.5. The fourth-order valence-electron chi connectivity index (χ4n) is 2.57. The van der Waals surface area contributed by atoms with E-state index in [1.54, 1.807) is 33.2 Å².